The molecule has 2 rings (SSSR count). The number of nitrogens with zero attached hydrogens (tertiary/aromatic N) is 1. The van der Waals surface area contributed by atoms with Crippen molar-refractivity contribution in [3.63, 3.8) is 0 Å². The fourth-order valence-electron chi connectivity index (χ4n) is 2.20. The summed E-state index contributed by atoms with van der Waals surface area (Å²) in [5, 5.41) is 0.855. The third kappa shape index (κ3) is 4.52. The van der Waals surface area contributed by atoms with Gasteiger partial charge in [-0.3, -0.25) is 9.59 Å². The summed E-state index contributed by atoms with van der Waals surface area (Å²) in [5.41, 5.74) is 0.588. The van der Waals surface area contributed by atoms with E-state index in [1.54, 1.807) is 26.8 Å². The van der Waals surface area contributed by atoms with E-state index in [9.17, 15) is 9.59 Å². The van der Waals surface area contributed by atoms with Gasteiger partial charge in [-0.1, -0.05) is 18.2 Å². The molecule has 2 aromatic rings. The fraction of sp³-hybridized carbons (Fsp3) is 0.389. The second-order valence-corrected chi connectivity index (χ2v) is 6.25. The lowest BCUT2D eigenvalue weighted by Gasteiger charge is -2.19. The van der Waals surface area contributed by atoms with E-state index in [4.69, 9.17) is 9.47 Å². The highest BCUT2D eigenvalue weighted by Crippen LogP contribution is 2.24. The predicted octanol–water partition coefficient (Wildman–Crippen LogP) is 3.55. The number of pyridine rings is 1. The van der Waals surface area contributed by atoms with Gasteiger partial charge in [-0.25, -0.2) is 4.98 Å². The number of ketones is 1. The average molecular weight is 315 g/mol. The molecular weight excluding hydrogens is 294 g/mol. The first-order valence-electron chi connectivity index (χ1n) is 7.49. The monoisotopic (exact) mass is 315 g/mol. The van der Waals surface area contributed by atoms with Gasteiger partial charge in [-0.15, -0.1) is 0 Å². The van der Waals surface area contributed by atoms with E-state index < -0.39 is 11.6 Å². The maximum absolute atomic E-state index is 12.4. The van der Waals surface area contributed by atoms with E-state index in [1.807, 2.05) is 24.3 Å². The minimum Gasteiger partial charge on any atom is -0.480 e. The van der Waals surface area contributed by atoms with E-state index in [-0.39, 0.29) is 24.5 Å². The Morgan fingerprint density at radius 3 is 2.48 bits per heavy atom. The van der Waals surface area contributed by atoms with E-state index >= 15 is 0 Å². The van der Waals surface area contributed by atoms with E-state index in [0.29, 0.717) is 5.56 Å². The van der Waals surface area contributed by atoms with E-state index in [1.165, 1.54) is 7.11 Å². The van der Waals surface area contributed by atoms with Gasteiger partial charge in [0.1, 0.15) is 5.60 Å². The lowest BCUT2D eigenvalue weighted by Crippen LogP contribution is -2.24. The van der Waals surface area contributed by atoms with Crippen LogP contribution in [-0.4, -0.2) is 29.4 Å². The van der Waals surface area contributed by atoms with Crippen LogP contribution in [0, 0.1) is 0 Å². The third-order valence-electron chi connectivity index (χ3n) is 3.16. The summed E-state index contributed by atoms with van der Waals surface area (Å²) in [6.07, 6.45) is 0.0946. The summed E-state index contributed by atoms with van der Waals surface area (Å²) in [6.45, 7) is 5.38. The van der Waals surface area contributed by atoms with Crippen molar-refractivity contribution in [3.05, 3.63) is 35.9 Å². The molecule has 0 amide bonds. The Morgan fingerprint density at radius 2 is 1.83 bits per heavy atom. The molecule has 1 aromatic carbocycles. The Morgan fingerprint density at radius 1 is 1.13 bits per heavy atom. The van der Waals surface area contributed by atoms with Gasteiger partial charge in [0.2, 0.25) is 5.88 Å². The summed E-state index contributed by atoms with van der Waals surface area (Å²) in [4.78, 5) is 28.5. The van der Waals surface area contributed by atoms with Crippen LogP contribution in [0.1, 0.15) is 44.0 Å². The van der Waals surface area contributed by atoms with Crippen molar-refractivity contribution in [2.75, 3.05) is 7.11 Å². The van der Waals surface area contributed by atoms with Gasteiger partial charge >= 0.3 is 5.97 Å². The first-order chi connectivity index (χ1) is 10.8. The molecule has 0 atom stereocenters. The van der Waals surface area contributed by atoms with E-state index in [0.717, 1.165) is 10.9 Å². The molecule has 0 aliphatic rings. The Bertz CT molecular complexity index is 731. The maximum atomic E-state index is 12.4. The summed E-state index contributed by atoms with van der Waals surface area (Å²) in [6, 6.07) is 9.24. The highest BCUT2D eigenvalue weighted by Gasteiger charge is 2.20. The van der Waals surface area contributed by atoms with Gasteiger partial charge in [-0.05, 0) is 32.9 Å². The quantitative estimate of drug-likeness (QED) is 0.623. The van der Waals surface area contributed by atoms with Gasteiger partial charge in [0, 0.05) is 11.8 Å². The van der Waals surface area contributed by atoms with Gasteiger partial charge in [0.25, 0.3) is 0 Å². The number of benzene rings is 1. The van der Waals surface area contributed by atoms with Crippen molar-refractivity contribution in [1.82, 2.24) is 4.98 Å². The molecule has 1 aromatic heterocycles. The number of ether oxygens (including phenoxy) is 2. The Hall–Kier alpha value is -2.43. The van der Waals surface area contributed by atoms with E-state index in [2.05, 4.69) is 4.98 Å². The number of esters is 1. The number of carbonyl (C=O) groups excluding carboxylic acids is 2. The lowest BCUT2D eigenvalue weighted by atomic mass is 10.1. The molecule has 5 nitrogen and oxygen atoms in total. The van der Waals surface area contributed by atoms with Crippen molar-refractivity contribution in [2.45, 2.75) is 39.2 Å². The average Bonchev–Trinajstić information content (AvgIpc) is 2.49. The molecule has 0 aliphatic carbocycles. The van der Waals surface area contributed by atoms with Crippen LogP contribution in [-0.2, 0) is 9.53 Å². The van der Waals surface area contributed by atoms with Crippen LogP contribution in [0.4, 0.5) is 0 Å². The topological polar surface area (TPSA) is 65.5 Å². The smallest absolute Gasteiger partial charge is 0.306 e. The molecule has 0 bridgehead atoms. The highest BCUT2D eigenvalue weighted by atomic mass is 16.6. The second kappa shape index (κ2) is 6.77. The number of Topliss-reactive ketones (excluding diaryl/α,β-unsaturated/α-hetero) is 1. The summed E-state index contributed by atoms with van der Waals surface area (Å²) in [7, 11) is 1.47. The first kappa shape index (κ1) is 16.9. The zero-order valence-electron chi connectivity index (χ0n) is 13.9. The molecule has 1 heterocycles. The maximum Gasteiger partial charge on any atom is 0.306 e. The van der Waals surface area contributed by atoms with Crippen molar-refractivity contribution < 1.29 is 19.1 Å². The van der Waals surface area contributed by atoms with Crippen molar-refractivity contribution in [1.29, 1.82) is 0 Å². The number of aromatic nitrogens is 1. The number of hydrogen-bond donors (Lipinski definition) is 0. The van der Waals surface area contributed by atoms with Gasteiger partial charge in [-0.2, -0.15) is 0 Å². The molecule has 0 unspecified atom stereocenters. The van der Waals surface area contributed by atoms with Gasteiger partial charge in [0.15, 0.2) is 5.78 Å². The van der Waals surface area contributed by atoms with Crippen molar-refractivity contribution >= 4 is 22.7 Å². The van der Waals surface area contributed by atoms with Gasteiger partial charge < -0.3 is 9.47 Å². The van der Waals surface area contributed by atoms with Crippen molar-refractivity contribution in [3.8, 4) is 5.88 Å². The normalized spacial score (nSPS) is 11.3. The van der Waals surface area contributed by atoms with Crippen LogP contribution in [0.3, 0.4) is 0 Å². The van der Waals surface area contributed by atoms with Crippen LogP contribution in [0.25, 0.3) is 10.9 Å². The van der Waals surface area contributed by atoms with Crippen LogP contribution in [0.2, 0.25) is 0 Å². The summed E-state index contributed by atoms with van der Waals surface area (Å²) in [5.74, 6) is -0.303. The Balaban J connectivity index is 2.15. The number of carbonyl (C=O) groups is 2. The molecule has 5 heteroatoms. The molecule has 0 N–H and O–H groups in total. The minimum absolute atomic E-state index is 0.0338. The molecule has 0 radical (unpaired) electrons. The third-order valence-corrected chi connectivity index (χ3v) is 3.16. The molecular formula is C18H21NO4. The fourth-order valence-corrected chi connectivity index (χ4v) is 2.20. The van der Waals surface area contributed by atoms with Crippen LogP contribution >= 0.6 is 0 Å². The number of rotatable bonds is 5. The van der Waals surface area contributed by atoms with Crippen LogP contribution in [0.5, 0.6) is 5.88 Å². The van der Waals surface area contributed by atoms with Gasteiger partial charge in [0.05, 0.1) is 24.6 Å². The zero-order chi connectivity index (χ0) is 17.0. The Labute approximate surface area is 135 Å². The molecule has 0 spiro atoms. The Kier molecular flexibility index (Phi) is 4.98. The predicted molar refractivity (Wildman–Crippen MR) is 87.7 cm³/mol. The molecule has 0 aliphatic heterocycles. The number of para-hydroxylation sites is 1. The SMILES string of the molecule is COc1nc2ccccc2cc1C(=O)CCC(=O)OC(C)(C)C. The van der Waals surface area contributed by atoms with Crippen molar-refractivity contribution in [2.24, 2.45) is 0 Å². The molecule has 0 fully saturated rings. The summed E-state index contributed by atoms with van der Waals surface area (Å²) >= 11 is 0. The minimum atomic E-state index is -0.553. The second-order valence-electron chi connectivity index (χ2n) is 6.25. The largest absolute Gasteiger partial charge is 0.480 e. The molecule has 23 heavy (non-hydrogen) atoms. The lowest BCUT2D eigenvalue weighted by molar-refractivity contribution is -0.154. The number of fused-ring (bicyclic) bond motifs is 1. The molecule has 0 saturated heterocycles. The van der Waals surface area contributed by atoms with Crippen LogP contribution < -0.4 is 4.74 Å². The first-order valence-corrected chi connectivity index (χ1v) is 7.49. The zero-order valence-corrected chi connectivity index (χ0v) is 13.9. The highest BCUT2D eigenvalue weighted by molar-refractivity contribution is 6.02. The van der Waals surface area contributed by atoms with Crippen LogP contribution in [0.15, 0.2) is 30.3 Å². The number of methoxy groups -OCH3 is 1. The molecule has 0 saturated carbocycles. The number of hydrogen-bond acceptors (Lipinski definition) is 5. The standard InChI is InChI=1S/C18H21NO4/c1-18(2,3)23-16(21)10-9-15(20)13-11-12-7-5-6-8-14(12)19-17(13)22-4/h5-8,11H,9-10H2,1-4H3. The molecule has 122 valence electrons. The summed E-state index contributed by atoms with van der Waals surface area (Å²) < 4.78 is 10.4.